The predicted octanol–water partition coefficient (Wildman–Crippen LogP) is 3.85. The average molecular weight is 318 g/mol. The zero-order valence-corrected chi connectivity index (χ0v) is 13.7. The van der Waals surface area contributed by atoms with Crippen LogP contribution in [0.5, 0.6) is 5.75 Å². The third kappa shape index (κ3) is 2.54. The summed E-state index contributed by atoms with van der Waals surface area (Å²) in [5.74, 6) is 0.834. The van der Waals surface area contributed by atoms with Gasteiger partial charge in [0.2, 0.25) is 0 Å². The largest absolute Gasteiger partial charge is 0.487 e. The summed E-state index contributed by atoms with van der Waals surface area (Å²) < 4.78 is 7.85. The molecule has 0 aliphatic rings. The highest BCUT2D eigenvalue weighted by atomic mass is 16.5. The lowest BCUT2D eigenvalue weighted by atomic mass is 10.0. The number of rotatable bonds is 4. The molecule has 0 spiro atoms. The van der Waals surface area contributed by atoms with Crippen LogP contribution in [0.4, 0.5) is 0 Å². The molecule has 0 unspecified atom stereocenters. The van der Waals surface area contributed by atoms with Gasteiger partial charge in [0.05, 0.1) is 29.3 Å². The van der Waals surface area contributed by atoms with E-state index in [0.29, 0.717) is 6.61 Å². The first-order chi connectivity index (χ1) is 11.7. The lowest BCUT2D eigenvalue weighted by Crippen LogP contribution is -1.97. The number of ether oxygens (including phenoxy) is 1. The zero-order valence-electron chi connectivity index (χ0n) is 13.7. The van der Waals surface area contributed by atoms with E-state index in [9.17, 15) is 0 Å². The van der Waals surface area contributed by atoms with Gasteiger partial charge in [0, 0.05) is 12.6 Å². The number of benzene rings is 2. The van der Waals surface area contributed by atoms with Gasteiger partial charge in [-0.05, 0) is 36.2 Å². The van der Waals surface area contributed by atoms with Crippen molar-refractivity contribution in [3.05, 3.63) is 66.2 Å². The standard InChI is InChI=1S/C19H18N4O/c1-13-10-21-22-17(13)11-24-15-8-6-14(7-9-15)16-4-3-5-18-19(16)20-12-23(18)2/h3-10,12H,11H2,1-2H3,(H,21,22). The van der Waals surface area contributed by atoms with Crippen molar-refractivity contribution in [1.82, 2.24) is 19.7 Å². The van der Waals surface area contributed by atoms with E-state index in [1.165, 1.54) is 0 Å². The molecule has 0 amide bonds. The van der Waals surface area contributed by atoms with Gasteiger partial charge < -0.3 is 9.30 Å². The molecule has 0 atom stereocenters. The van der Waals surface area contributed by atoms with Gasteiger partial charge >= 0.3 is 0 Å². The first kappa shape index (κ1) is 14.5. The highest BCUT2D eigenvalue weighted by Gasteiger charge is 2.08. The van der Waals surface area contributed by atoms with Gasteiger partial charge in [0.25, 0.3) is 0 Å². The highest BCUT2D eigenvalue weighted by Crippen LogP contribution is 2.28. The van der Waals surface area contributed by atoms with Crippen molar-refractivity contribution in [1.29, 1.82) is 0 Å². The summed E-state index contributed by atoms with van der Waals surface area (Å²) in [5.41, 5.74) is 6.50. The van der Waals surface area contributed by atoms with Crippen LogP contribution in [0.25, 0.3) is 22.2 Å². The van der Waals surface area contributed by atoms with Crippen molar-refractivity contribution >= 4 is 11.0 Å². The first-order valence-electron chi connectivity index (χ1n) is 7.84. The monoisotopic (exact) mass is 318 g/mol. The van der Waals surface area contributed by atoms with Crippen LogP contribution in [0.1, 0.15) is 11.3 Å². The summed E-state index contributed by atoms with van der Waals surface area (Å²) in [6.45, 7) is 2.50. The molecule has 1 N–H and O–H groups in total. The number of fused-ring (bicyclic) bond motifs is 1. The molecule has 0 fully saturated rings. The van der Waals surface area contributed by atoms with Gasteiger partial charge in [-0.1, -0.05) is 24.3 Å². The van der Waals surface area contributed by atoms with Crippen molar-refractivity contribution in [2.24, 2.45) is 7.05 Å². The van der Waals surface area contributed by atoms with Crippen molar-refractivity contribution < 1.29 is 4.74 Å². The van der Waals surface area contributed by atoms with Gasteiger partial charge in [-0.3, -0.25) is 5.10 Å². The molecule has 5 heteroatoms. The number of nitrogens with one attached hydrogen (secondary N) is 1. The molecule has 5 nitrogen and oxygen atoms in total. The van der Waals surface area contributed by atoms with Crippen LogP contribution in [0.15, 0.2) is 55.0 Å². The lowest BCUT2D eigenvalue weighted by Gasteiger charge is -2.08. The maximum atomic E-state index is 5.82. The molecule has 0 aliphatic carbocycles. The van der Waals surface area contributed by atoms with Gasteiger partial charge in [-0.15, -0.1) is 0 Å². The molecule has 0 saturated carbocycles. The average Bonchev–Trinajstić information content (AvgIpc) is 3.19. The van der Waals surface area contributed by atoms with Gasteiger partial charge in [0.15, 0.2) is 0 Å². The predicted molar refractivity (Wildman–Crippen MR) is 93.8 cm³/mol. The van der Waals surface area contributed by atoms with Crippen molar-refractivity contribution in [2.45, 2.75) is 13.5 Å². The highest BCUT2D eigenvalue weighted by molar-refractivity contribution is 5.92. The maximum absolute atomic E-state index is 5.82. The molecule has 24 heavy (non-hydrogen) atoms. The molecule has 4 aromatic rings. The normalized spacial score (nSPS) is 11.1. The summed E-state index contributed by atoms with van der Waals surface area (Å²) in [6.07, 6.45) is 3.65. The topological polar surface area (TPSA) is 55.7 Å². The van der Waals surface area contributed by atoms with E-state index >= 15 is 0 Å². The Morgan fingerprint density at radius 1 is 1.12 bits per heavy atom. The van der Waals surface area contributed by atoms with Crippen LogP contribution in [-0.2, 0) is 13.7 Å². The van der Waals surface area contributed by atoms with E-state index in [1.807, 2.05) is 37.0 Å². The molecule has 2 aromatic carbocycles. The van der Waals surface area contributed by atoms with E-state index in [1.54, 1.807) is 6.20 Å². The number of H-pyrrole nitrogens is 1. The van der Waals surface area contributed by atoms with E-state index < -0.39 is 0 Å². The number of hydrogen-bond acceptors (Lipinski definition) is 3. The Kier molecular flexibility index (Phi) is 3.54. The van der Waals surface area contributed by atoms with Crippen molar-refractivity contribution in [3.8, 4) is 16.9 Å². The van der Waals surface area contributed by atoms with Gasteiger partial charge in [-0.25, -0.2) is 4.98 Å². The Labute approximate surface area is 139 Å². The maximum Gasteiger partial charge on any atom is 0.130 e. The van der Waals surface area contributed by atoms with E-state index in [4.69, 9.17) is 4.74 Å². The molecular weight excluding hydrogens is 300 g/mol. The van der Waals surface area contributed by atoms with Crippen molar-refractivity contribution in [2.75, 3.05) is 0 Å². The Hall–Kier alpha value is -3.08. The number of imidazole rings is 1. The molecule has 4 rings (SSSR count). The van der Waals surface area contributed by atoms with Crippen LogP contribution in [0.3, 0.4) is 0 Å². The summed E-state index contributed by atoms with van der Waals surface area (Å²) in [6, 6.07) is 14.3. The number of aromatic nitrogens is 4. The van der Waals surface area contributed by atoms with Gasteiger partial charge in [0.1, 0.15) is 12.4 Å². The minimum Gasteiger partial charge on any atom is -0.487 e. The fraction of sp³-hybridized carbons (Fsp3) is 0.158. The second kappa shape index (κ2) is 5.85. The van der Waals surface area contributed by atoms with Crippen LogP contribution in [0.2, 0.25) is 0 Å². The third-order valence-electron chi connectivity index (χ3n) is 4.24. The van der Waals surface area contributed by atoms with Crippen LogP contribution in [-0.4, -0.2) is 19.7 Å². The molecular formula is C19H18N4O. The number of hydrogen-bond donors (Lipinski definition) is 1. The fourth-order valence-corrected chi connectivity index (χ4v) is 2.80. The lowest BCUT2D eigenvalue weighted by molar-refractivity contribution is 0.300. The molecule has 0 aliphatic heterocycles. The first-order valence-corrected chi connectivity index (χ1v) is 7.84. The minimum atomic E-state index is 0.487. The van der Waals surface area contributed by atoms with E-state index in [2.05, 4.69) is 45.5 Å². The molecule has 120 valence electrons. The van der Waals surface area contributed by atoms with E-state index in [0.717, 1.165) is 39.2 Å². The summed E-state index contributed by atoms with van der Waals surface area (Å²) in [4.78, 5) is 4.52. The minimum absolute atomic E-state index is 0.487. The second-order valence-corrected chi connectivity index (χ2v) is 5.87. The number of aryl methyl sites for hydroxylation is 2. The summed E-state index contributed by atoms with van der Waals surface area (Å²) in [5, 5.41) is 6.95. The number of para-hydroxylation sites is 1. The summed E-state index contributed by atoms with van der Waals surface area (Å²) in [7, 11) is 2.01. The van der Waals surface area contributed by atoms with E-state index in [-0.39, 0.29) is 0 Å². The molecule has 2 heterocycles. The number of nitrogens with zero attached hydrogens (tertiary/aromatic N) is 3. The summed E-state index contributed by atoms with van der Waals surface area (Å²) >= 11 is 0. The van der Waals surface area contributed by atoms with Crippen LogP contribution in [0, 0.1) is 6.92 Å². The van der Waals surface area contributed by atoms with Crippen LogP contribution >= 0.6 is 0 Å². The number of aromatic amines is 1. The Morgan fingerprint density at radius 2 is 1.96 bits per heavy atom. The van der Waals surface area contributed by atoms with Crippen molar-refractivity contribution in [3.63, 3.8) is 0 Å². The van der Waals surface area contributed by atoms with Gasteiger partial charge in [-0.2, -0.15) is 5.10 Å². The third-order valence-corrected chi connectivity index (χ3v) is 4.24. The zero-order chi connectivity index (χ0) is 16.5. The Bertz CT molecular complexity index is 982. The quantitative estimate of drug-likeness (QED) is 0.622. The Morgan fingerprint density at radius 3 is 2.71 bits per heavy atom. The second-order valence-electron chi connectivity index (χ2n) is 5.87. The SMILES string of the molecule is Cc1cn[nH]c1COc1ccc(-c2cccc3c2ncn3C)cc1. The van der Waals surface area contributed by atoms with Crippen LogP contribution < -0.4 is 4.74 Å². The Balaban J connectivity index is 1.58. The molecule has 0 bridgehead atoms. The molecule has 0 radical (unpaired) electrons. The smallest absolute Gasteiger partial charge is 0.130 e. The fourth-order valence-electron chi connectivity index (χ4n) is 2.80. The molecule has 2 aromatic heterocycles. The molecule has 0 saturated heterocycles.